The van der Waals surface area contributed by atoms with Crippen LogP contribution in [0.2, 0.25) is 0 Å². The molecule has 1 aromatic carbocycles. The molecular formula is C16H19N3. The summed E-state index contributed by atoms with van der Waals surface area (Å²) in [5, 5.41) is 0. The monoisotopic (exact) mass is 253 g/mol. The highest BCUT2D eigenvalue weighted by atomic mass is 15.2. The van der Waals surface area contributed by atoms with E-state index >= 15 is 0 Å². The molecule has 3 nitrogen and oxygen atoms in total. The number of nitrogens with zero attached hydrogens (tertiary/aromatic N) is 3. The predicted octanol–water partition coefficient (Wildman–Crippen LogP) is 3.44. The van der Waals surface area contributed by atoms with Crippen LogP contribution in [0, 0.1) is 6.92 Å². The van der Waals surface area contributed by atoms with Gasteiger partial charge in [0.1, 0.15) is 5.82 Å². The molecule has 1 aliphatic heterocycles. The largest absolute Gasteiger partial charge is 0.356 e. The molecule has 1 aromatic heterocycles. The highest BCUT2D eigenvalue weighted by Gasteiger charge is 2.14. The van der Waals surface area contributed by atoms with Gasteiger partial charge in [-0.3, -0.25) is 0 Å². The Kier molecular flexibility index (Phi) is 3.45. The topological polar surface area (TPSA) is 29.0 Å². The molecule has 2 heterocycles. The molecule has 0 unspecified atom stereocenters. The van der Waals surface area contributed by atoms with E-state index in [4.69, 9.17) is 4.98 Å². The van der Waals surface area contributed by atoms with Gasteiger partial charge in [-0.05, 0) is 26.2 Å². The molecule has 0 atom stereocenters. The number of hydrogen-bond acceptors (Lipinski definition) is 3. The second kappa shape index (κ2) is 5.39. The molecule has 0 radical (unpaired) electrons. The third-order valence-corrected chi connectivity index (χ3v) is 3.55. The lowest BCUT2D eigenvalue weighted by molar-refractivity contribution is 0.573. The first kappa shape index (κ1) is 12.2. The van der Waals surface area contributed by atoms with Gasteiger partial charge in [-0.15, -0.1) is 0 Å². The minimum atomic E-state index is 0.834. The van der Waals surface area contributed by atoms with Crippen molar-refractivity contribution < 1.29 is 0 Å². The molecule has 0 spiro atoms. The van der Waals surface area contributed by atoms with Crippen LogP contribution in [0.1, 0.15) is 25.0 Å². The normalized spacial score (nSPS) is 15.5. The van der Waals surface area contributed by atoms with Gasteiger partial charge < -0.3 is 4.90 Å². The van der Waals surface area contributed by atoms with E-state index in [9.17, 15) is 0 Å². The van der Waals surface area contributed by atoms with Crippen LogP contribution in [0.25, 0.3) is 11.4 Å². The first-order valence-electron chi connectivity index (χ1n) is 6.99. The number of piperidine rings is 1. The Hall–Kier alpha value is -1.90. The van der Waals surface area contributed by atoms with Gasteiger partial charge in [-0.2, -0.15) is 0 Å². The van der Waals surface area contributed by atoms with Crippen molar-refractivity contribution in [3.63, 3.8) is 0 Å². The van der Waals surface area contributed by atoms with E-state index < -0.39 is 0 Å². The Bertz CT molecular complexity index is 545. The van der Waals surface area contributed by atoms with Gasteiger partial charge in [0.05, 0.1) is 0 Å². The number of aryl methyl sites for hydroxylation is 1. The molecule has 0 amide bonds. The van der Waals surface area contributed by atoms with Crippen molar-refractivity contribution in [2.75, 3.05) is 18.0 Å². The van der Waals surface area contributed by atoms with Gasteiger partial charge in [-0.1, -0.05) is 30.3 Å². The zero-order valence-corrected chi connectivity index (χ0v) is 11.3. The van der Waals surface area contributed by atoms with Crippen molar-refractivity contribution in [1.82, 2.24) is 9.97 Å². The molecule has 1 fully saturated rings. The fourth-order valence-electron chi connectivity index (χ4n) is 2.55. The van der Waals surface area contributed by atoms with Crippen molar-refractivity contribution in [2.24, 2.45) is 0 Å². The molecule has 0 bridgehead atoms. The van der Waals surface area contributed by atoms with Crippen molar-refractivity contribution in [3.05, 3.63) is 42.1 Å². The average molecular weight is 253 g/mol. The summed E-state index contributed by atoms with van der Waals surface area (Å²) in [5.74, 6) is 1.91. The van der Waals surface area contributed by atoms with E-state index in [1.165, 1.54) is 19.3 Å². The highest BCUT2D eigenvalue weighted by Crippen LogP contribution is 2.22. The van der Waals surface area contributed by atoms with Gasteiger partial charge in [-0.25, -0.2) is 9.97 Å². The van der Waals surface area contributed by atoms with E-state index in [0.717, 1.165) is 36.0 Å². The lowest BCUT2D eigenvalue weighted by atomic mass is 10.1. The molecular weight excluding hydrogens is 234 g/mol. The van der Waals surface area contributed by atoms with Crippen molar-refractivity contribution in [2.45, 2.75) is 26.2 Å². The third-order valence-electron chi connectivity index (χ3n) is 3.55. The fraction of sp³-hybridized carbons (Fsp3) is 0.375. The van der Waals surface area contributed by atoms with Crippen LogP contribution in [0.15, 0.2) is 36.4 Å². The number of hydrogen-bond donors (Lipinski definition) is 0. The van der Waals surface area contributed by atoms with Crippen LogP contribution < -0.4 is 4.90 Å². The van der Waals surface area contributed by atoms with Gasteiger partial charge in [0.2, 0.25) is 0 Å². The summed E-state index contributed by atoms with van der Waals surface area (Å²) < 4.78 is 0. The zero-order chi connectivity index (χ0) is 13.1. The fourth-order valence-corrected chi connectivity index (χ4v) is 2.55. The molecule has 19 heavy (non-hydrogen) atoms. The summed E-state index contributed by atoms with van der Waals surface area (Å²) in [6.45, 7) is 4.27. The molecule has 1 saturated heterocycles. The van der Waals surface area contributed by atoms with Crippen LogP contribution in [-0.2, 0) is 0 Å². The van der Waals surface area contributed by atoms with Crippen LogP contribution in [0.3, 0.4) is 0 Å². The Morgan fingerprint density at radius 2 is 1.68 bits per heavy atom. The van der Waals surface area contributed by atoms with Crippen molar-refractivity contribution in [3.8, 4) is 11.4 Å². The second-order valence-corrected chi connectivity index (χ2v) is 5.10. The number of anilines is 1. The zero-order valence-electron chi connectivity index (χ0n) is 11.3. The quantitative estimate of drug-likeness (QED) is 0.821. The molecule has 2 aromatic rings. The maximum absolute atomic E-state index is 4.74. The maximum atomic E-state index is 4.74. The Morgan fingerprint density at radius 1 is 0.947 bits per heavy atom. The smallest absolute Gasteiger partial charge is 0.161 e. The van der Waals surface area contributed by atoms with Crippen molar-refractivity contribution in [1.29, 1.82) is 0 Å². The Balaban J connectivity index is 1.96. The standard InChI is InChI=1S/C16H19N3/c1-13-12-15(19-10-6-3-7-11-19)18-16(17-13)14-8-4-2-5-9-14/h2,4-5,8-9,12H,3,6-7,10-11H2,1H3. The Morgan fingerprint density at radius 3 is 2.42 bits per heavy atom. The number of rotatable bonds is 2. The van der Waals surface area contributed by atoms with Gasteiger partial charge in [0.25, 0.3) is 0 Å². The second-order valence-electron chi connectivity index (χ2n) is 5.10. The van der Waals surface area contributed by atoms with E-state index in [-0.39, 0.29) is 0 Å². The predicted molar refractivity (Wildman–Crippen MR) is 78.3 cm³/mol. The average Bonchev–Trinajstić information content (AvgIpc) is 2.48. The molecule has 0 aliphatic carbocycles. The highest BCUT2D eigenvalue weighted by molar-refractivity contribution is 5.57. The van der Waals surface area contributed by atoms with Crippen LogP contribution in [0.4, 0.5) is 5.82 Å². The summed E-state index contributed by atoms with van der Waals surface area (Å²) in [5.41, 5.74) is 2.12. The summed E-state index contributed by atoms with van der Waals surface area (Å²) in [7, 11) is 0. The van der Waals surface area contributed by atoms with E-state index in [1.807, 2.05) is 25.1 Å². The molecule has 0 saturated carbocycles. The van der Waals surface area contributed by atoms with Gasteiger partial charge >= 0.3 is 0 Å². The summed E-state index contributed by atoms with van der Waals surface area (Å²) in [6.07, 6.45) is 3.87. The van der Waals surface area contributed by atoms with E-state index in [1.54, 1.807) is 0 Å². The number of benzene rings is 1. The molecule has 0 N–H and O–H groups in total. The van der Waals surface area contributed by atoms with Crippen LogP contribution in [-0.4, -0.2) is 23.1 Å². The summed E-state index contributed by atoms with van der Waals surface area (Å²) in [6, 6.07) is 12.3. The lowest BCUT2D eigenvalue weighted by Gasteiger charge is -2.28. The first-order chi connectivity index (χ1) is 9.33. The Labute approximate surface area is 114 Å². The van der Waals surface area contributed by atoms with Gasteiger partial charge in [0.15, 0.2) is 5.82 Å². The molecule has 98 valence electrons. The molecule has 3 rings (SSSR count). The molecule has 1 aliphatic rings. The lowest BCUT2D eigenvalue weighted by Crippen LogP contribution is -2.30. The first-order valence-corrected chi connectivity index (χ1v) is 6.99. The summed E-state index contributed by atoms with van der Waals surface area (Å²) in [4.78, 5) is 11.7. The minimum Gasteiger partial charge on any atom is -0.356 e. The van der Waals surface area contributed by atoms with Crippen molar-refractivity contribution >= 4 is 5.82 Å². The van der Waals surface area contributed by atoms with E-state index in [2.05, 4.69) is 28.1 Å². The van der Waals surface area contributed by atoms with Crippen LogP contribution in [0.5, 0.6) is 0 Å². The molecule has 3 heteroatoms. The summed E-state index contributed by atoms with van der Waals surface area (Å²) >= 11 is 0. The number of aromatic nitrogens is 2. The van der Waals surface area contributed by atoms with Gasteiger partial charge in [0, 0.05) is 30.4 Å². The third kappa shape index (κ3) is 2.75. The SMILES string of the molecule is Cc1cc(N2CCCCC2)nc(-c2ccccc2)n1. The minimum absolute atomic E-state index is 0.834. The van der Waals surface area contributed by atoms with Crippen LogP contribution >= 0.6 is 0 Å². The van der Waals surface area contributed by atoms with E-state index in [0.29, 0.717) is 0 Å². The maximum Gasteiger partial charge on any atom is 0.161 e.